The molecule has 3 nitrogen and oxygen atoms in total. The summed E-state index contributed by atoms with van der Waals surface area (Å²) in [5.74, 6) is 1.80. The third-order valence-electron chi connectivity index (χ3n) is 2.78. The van der Waals surface area contributed by atoms with Crippen molar-refractivity contribution in [1.82, 2.24) is 5.32 Å². The van der Waals surface area contributed by atoms with Gasteiger partial charge in [0, 0.05) is 12.2 Å². The number of rotatable bonds is 2. The summed E-state index contributed by atoms with van der Waals surface area (Å²) in [6.07, 6.45) is 5.75. The molecule has 0 aromatic rings. The molecule has 0 radical (unpaired) electrons. The van der Waals surface area contributed by atoms with Crippen LogP contribution >= 0.6 is 11.8 Å². The fourth-order valence-electron chi connectivity index (χ4n) is 2.06. The Bertz CT molecular complexity index is 247. The quantitative estimate of drug-likeness (QED) is 0.758. The number of nitrogens with zero attached hydrogens (tertiary/aromatic N) is 1. The first kappa shape index (κ1) is 10.0. The van der Waals surface area contributed by atoms with E-state index in [-0.39, 0.29) is 5.91 Å². The molecule has 1 fully saturated rings. The number of nitrogens with one attached hydrogen (secondary N) is 1. The molecule has 2 aliphatic rings. The van der Waals surface area contributed by atoms with Gasteiger partial charge >= 0.3 is 0 Å². The molecule has 1 amide bonds. The van der Waals surface area contributed by atoms with Gasteiger partial charge in [0.2, 0.25) is 5.91 Å². The second kappa shape index (κ2) is 4.82. The molecule has 0 spiro atoms. The van der Waals surface area contributed by atoms with E-state index in [1.165, 1.54) is 25.7 Å². The Morgan fingerprint density at radius 1 is 1.50 bits per heavy atom. The van der Waals surface area contributed by atoms with Crippen LogP contribution in [0.2, 0.25) is 0 Å². The molecule has 0 aromatic carbocycles. The molecular formula is C10H16N2OS. The molecule has 2 rings (SSSR count). The maximum atomic E-state index is 11.5. The van der Waals surface area contributed by atoms with Crippen LogP contribution in [0.15, 0.2) is 4.99 Å². The highest BCUT2D eigenvalue weighted by Crippen LogP contribution is 2.27. The van der Waals surface area contributed by atoms with E-state index in [4.69, 9.17) is 0 Å². The molecule has 78 valence electrons. The van der Waals surface area contributed by atoms with Crippen molar-refractivity contribution in [2.24, 2.45) is 10.9 Å². The van der Waals surface area contributed by atoms with Crippen LogP contribution in [-0.2, 0) is 4.79 Å². The Balaban J connectivity index is 1.72. The number of amidine groups is 1. The van der Waals surface area contributed by atoms with Crippen molar-refractivity contribution in [2.75, 3.05) is 12.3 Å². The van der Waals surface area contributed by atoms with Crippen molar-refractivity contribution < 1.29 is 4.79 Å². The van der Waals surface area contributed by atoms with Crippen LogP contribution in [0.5, 0.6) is 0 Å². The van der Waals surface area contributed by atoms with Crippen molar-refractivity contribution >= 4 is 22.8 Å². The maximum absolute atomic E-state index is 11.5. The van der Waals surface area contributed by atoms with Crippen LogP contribution in [0, 0.1) is 5.92 Å². The minimum atomic E-state index is 0.157. The molecule has 0 saturated heterocycles. The van der Waals surface area contributed by atoms with Gasteiger partial charge < -0.3 is 5.32 Å². The van der Waals surface area contributed by atoms with Crippen LogP contribution in [0.25, 0.3) is 0 Å². The van der Waals surface area contributed by atoms with Crippen LogP contribution in [0.3, 0.4) is 0 Å². The number of thioether (sulfide) groups is 1. The molecule has 0 bridgehead atoms. The van der Waals surface area contributed by atoms with E-state index in [9.17, 15) is 4.79 Å². The molecule has 0 atom stereocenters. The van der Waals surface area contributed by atoms with Gasteiger partial charge in [0.1, 0.15) is 0 Å². The highest BCUT2D eigenvalue weighted by molar-refractivity contribution is 8.14. The molecular weight excluding hydrogens is 196 g/mol. The largest absolute Gasteiger partial charge is 0.305 e. The highest BCUT2D eigenvalue weighted by atomic mass is 32.2. The van der Waals surface area contributed by atoms with E-state index >= 15 is 0 Å². The predicted octanol–water partition coefficient (Wildman–Crippen LogP) is 1.79. The summed E-state index contributed by atoms with van der Waals surface area (Å²) < 4.78 is 0. The Morgan fingerprint density at radius 3 is 2.93 bits per heavy atom. The first-order valence-corrected chi connectivity index (χ1v) is 6.30. The van der Waals surface area contributed by atoms with Gasteiger partial charge in [0.05, 0.1) is 6.54 Å². The van der Waals surface area contributed by atoms with Gasteiger partial charge in [-0.15, -0.1) is 0 Å². The van der Waals surface area contributed by atoms with Crippen molar-refractivity contribution in [3.63, 3.8) is 0 Å². The van der Waals surface area contributed by atoms with Crippen LogP contribution < -0.4 is 5.32 Å². The lowest BCUT2D eigenvalue weighted by atomic mass is 10.0. The zero-order valence-corrected chi connectivity index (χ0v) is 9.11. The highest BCUT2D eigenvalue weighted by Gasteiger charge is 2.19. The van der Waals surface area contributed by atoms with Crippen molar-refractivity contribution in [2.45, 2.75) is 32.1 Å². The molecule has 0 unspecified atom stereocenters. The van der Waals surface area contributed by atoms with E-state index < -0.39 is 0 Å². The van der Waals surface area contributed by atoms with E-state index in [2.05, 4.69) is 10.3 Å². The lowest BCUT2D eigenvalue weighted by Gasteiger charge is -2.08. The lowest BCUT2D eigenvalue weighted by molar-refractivity contribution is -0.120. The van der Waals surface area contributed by atoms with E-state index in [0.29, 0.717) is 12.3 Å². The monoisotopic (exact) mass is 212 g/mol. The van der Waals surface area contributed by atoms with E-state index in [1.54, 1.807) is 11.8 Å². The summed E-state index contributed by atoms with van der Waals surface area (Å²) in [6, 6.07) is 0. The number of carbonyl (C=O) groups excluding carboxylic acids is 1. The molecule has 1 aliphatic heterocycles. The normalized spacial score (nSPS) is 22.4. The lowest BCUT2D eigenvalue weighted by Crippen LogP contribution is -2.28. The Morgan fingerprint density at radius 2 is 2.29 bits per heavy atom. The summed E-state index contributed by atoms with van der Waals surface area (Å²) in [5.41, 5.74) is 0. The number of carbonyl (C=O) groups is 1. The SMILES string of the molecule is O=C(CC1CCCC1)NC1=NCCS1. The van der Waals surface area contributed by atoms with Gasteiger partial charge in [-0.1, -0.05) is 24.6 Å². The predicted molar refractivity (Wildman–Crippen MR) is 59.5 cm³/mol. The smallest absolute Gasteiger partial charge is 0.226 e. The second-order valence-electron chi connectivity index (χ2n) is 3.94. The minimum Gasteiger partial charge on any atom is -0.305 e. The maximum Gasteiger partial charge on any atom is 0.226 e. The summed E-state index contributed by atoms with van der Waals surface area (Å²) in [4.78, 5) is 15.7. The standard InChI is InChI=1S/C10H16N2OS/c13-9(7-8-3-1-2-4-8)12-10-11-5-6-14-10/h8H,1-7H2,(H,11,12,13). The molecule has 4 heteroatoms. The number of hydrogen-bond donors (Lipinski definition) is 1. The summed E-state index contributed by atoms with van der Waals surface area (Å²) in [5, 5.41) is 3.71. The van der Waals surface area contributed by atoms with Crippen LogP contribution in [0.4, 0.5) is 0 Å². The first-order valence-electron chi connectivity index (χ1n) is 5.32. The van der Waals surface area contributed by atoms with Gasteiger partial charge in [-0.2, -0.15) is 0 Å². The Labute approximate surface area is 88.7 Å². The van der Waals surface area contributed by atoms with E-state index in [0.717, 1.165) is 17.5 Å². The van der Waals surface area contributed by atoms with Gasteiger partial charge in [-0.25, -0.2) is 0 Å². The Hall–Kier alpha value is -0.510. The molecule has 14 heavy (non-hydrogen) atoms. The van der Waals surface area contributed by atoms with Crippen molar-refractivity contribution in [3.8, 4) is 0 Å². The molecule has 1 N–H and O–H groups in total. The molecule has 1 heterocycles. The summed E-state index contributed by atoms with van der Waals surface area (Å²) >= 11 is 1.65. The van der Waals surface area contributed by atoms with E-state index in [1.807, 2.05) is 0 Å². The van der Waals surface area contributed by atoms with Crippen molar-refractivity contribution in [1.29, 1.82) is 0 Å². The Kier molecular flexibility index (Phi) is 3.45. The third-order valence-corrected chi connectivity index (χ3v) is 3.67. The molecule has 1 saturated carbocycles. The first-order chi connectivity index (χ1) is 6.84. The number of aliphatic imine (C=N–C) groups is 1. The zero-order chi connectivity index (χ0) is 9.80. The molecule has 0 aromatic heterocycles. The van der Waals surface area contributed by atoms with Crippen LogP contribution in [0.1, 0.15) is 32.1 Å². The average molecular weight is 212 g/mol. The van der Waals surface area contributed by atoms with Crippen molar-refractivity contribution in [3.05, 3.63) is 0 Å². The zero-order valence-electron chi connectivity index (χ0n) is 8.29. The van der Waals surface area contributed by atoms with Crippen LogP contribution in [-0.4, -0.2) is 23.4 Å². The van der Waals surface area contributed by atoms with Gasteiger partial charge in [0.15, 0.2) is 5.17 Å². The topological polar surface area (TPSA) is 41.5 Å². The second-order valence-corrected chi connectivity index (χ2v) is 5.02. The average Bonchev–Trinajstić information content (AvgIpc) is 2.76. The fraction of sp³-hybridized carbons (Fsp3) is 0.800. The van der Waals surface area contributed by atoms with Gasteiger partial charge in [0.25, 0.3) is 0 Å². The minimum absolute atomic E-state index is 0.157. The number of hydrogen-bond acceptors (Lipinski definition) is 3. The summed E-state index contributed by atoms with van der Waals surface area (Å²) in [6.45, 7) is 0.851. The molecule has 1 aliphatic carbocycles. The summed E-state index contributed by atoms with van der Waals surface area (Å²) in [7, 11) is 0. The van der Waals surface area contributed by atoms with Gasteiger partial charge in [-0.05, 0) is 18.8 Å². The van der Waals surface area contributed by atoms with Gasteiger partial charge in [-0.3, -0.25) is 9.79 Å². The fourth-order valence-corrected chi connectivity index (χ4v) is 2.80. The number of amides is 1. The third kappa shape index (κ3) is 2.74.